The van der Waals surface area contributed by atoms with E-state index in [1.807, 2.05) is 0 Å². The highest BCUT2D eigenvalue weighted by atomic mass is 35.5. The van der Waals surface area contributed by atoms with Crippen LogP contribution in [0.25, 0.3) is 0 Å². The summed E-state index contributed by atoms with van der Waals surface area (Å²) >= 11 is 5.88. The Bertz CT molecular complexity index is 774. The third-order valence-corrected chi connectivity index (χ3v) is 5.05. The molecule has 0 heterocycles. The molecule has 1 fully saturated rings. The number of amides is 1. The molecule has 0 aliphatic heterocycles. The maximum Gasteiger partial charge on any atom is 0.252 e. The standard InChI is InChI=1S/C20H21ClN2O2/c21-15-10-8-13(9-11-15)19(24)16-5-1-2-6-17(16)20(25)23-18-7-3-4-14(18)12-22/h1-2,5-6,8-11,14,18H,3-4,7,12,22H2,(H,23,25). The van der Waals surface area contributed by atoms with E-state index < -0.39 is 0 Å². The van der Waals surface area contributed by atoms with Gasteiger partial charge in [0.25, 0.3) is 5.91 Å². The first-order chi connectivity index (χ1) is 12.1. The van der Waals surface area contributed by atoms with Crippen molar-refractivity contribution in [2.45, 2.75) is 25.3 Å². The van der Waals surface area contributed by atoms with E-state index >= 15 is 0 Å². The number of hydrogen-bond acceptors (Lipinski definition) is 3. The molecule has 2 unspecified atom stereocenters. The summed E-state index contributed by atoms with van der Waals surface area (Å²) in [5.74, 6) is -0.101. The third kappa shape index (κ3) is 3.91. The van der Waals surface area contributed by atoms with Gasteiger partial charge in [0.1, 0.15) is 0 Å². The summed E-state index contributed by atoms with van der Waals surface area (Å²) < 4.78 is 0. The molecular formula is C20H21ClN2O2. The number of hydrogen-bond donors (Lipinski definition) is 2. The van der Waals surface area contributed by atoms with Crippen molar-refractivity contribution in [1.29, 1.82) is 0 Å². The number of carbonyl (C=O) groups excluding carboxylic acids is 2. The molecule has 1 aliphatic carbocycles. The summed E-state index contributed by atoms with van der Waals surface area (Å²) in [4.78, 5) is 25.5. The smallest absolute Gasteiger partial charge is 0.252 e. The van der Waals surface area contributed by atoms with Crippen LogP contribution < -0.4 is 11.1 Å². The third-order valence-electron chi connectivity index (χ3n) is 4.80. The lowest BCUT2D eigenvalue weighted by atomic mass is 9.97. The van der Waals surface area contributed by atoms with Gasteiger partial charge in [-0.2, -0.15) is 0 Å². The Morgan fingerprint density at radius 2 is 1.72 bits per heavy atom. The molecule has 3 rings (SSSR count). The van der Waals surface area contributed by atoms with Gasteiger partial charge in [-0.1, -0.05) is 36.2 Å². The molecule has 0 bridgehead atoms. The second kappa shape index (κ2) is 7.81. The zero-order chi connectivity index (χ0) is 17.8. The monoisotopic (exact) mass is 356 g/mol. The van der Waals surface area contributed by atoms with Crippen LogP contribution >= 0.6 is 11.6 Å². The lowest BCUT2D eigenvalue weighted by Crippen LogP contribution is -2.40. The number of carbonyl (C=O) groups is 2. The fraction of sp³-hybridized carbons (Fsp3) is 0.300. The van der Waals surface area contributed by atoms with Gasteiger partial charge in [0.05, 0.1) is 5.56 Å². The molecule has 130 valence electrons. The Balaban J connectivity index is 1.84. The van der Waals surface area contributed by atoms with Crippen LogP contribution in [0, 0.1) is 5.92 Å². The number of nitrogens with two attached hydrogens (primary N) is 1. The predicted octanol–water partition coefficient (Wildman–Crippen LogP) is 3.43. The summed E-state index contributed by atoms with van der Waals surface area (Å²) in [6.07, 6.45) is 3.03. The predicted molar refractivity (Wildman–Crippen MR) is 99.0 cm³/mol. The van der Waals surface area contributed by atoms with E-state index in [0.29, 0.717) is 34.2 Å². The highest BCUT2D eigenvalue weighted by molar-refractivity contribution is 6.30. The van der Waals surface area contributed by atoms with E-state index in [-0.39, 0.29) is 17.7 Å². The quantitative estimate of drug-likeness (QED) is 0.806. The SMILES string of the molecule is NCC1CCCC1NC(=O)c1ccccc1C(=O)c1ccc(Cl)cc1. The molecule has 1 saturated carbocycles. The van der Waals surface area contributed by atoms with Crippen LogP contribution in [-0.2, 0) is 0 Å². The molecule has 3 N–H and O–H groups in total. The Kier molecular flexibility index (Phi) is 5.51. The van der Waals surface area contributed by atoms with E-state index in [0.717, 1.165) is 19.3 Å². The molecule has 2 atom stereocenters. The number of nitrogens with one attached hydrogen (secondary N) is 1. The summed E-state index contributed by atoms with van der Waals surface area (Å²) in [5, 5.41) is 3.63. The normalized spacial score (nSPS) is 19.6. The Hall–Kier alpha value is -2.17. The first-order valence-electron chi connectivity index (χ1n) is 8.50. The Morgan fingerprint density at radius 3 is 2.40 bits per heavy atom. The molecule has 1 amide bonds. The summed E-state index contributed by atoms with van der Waals surface area (Å²) in [6.45, 7) is 0.566. The minimum atomic E-state index is -0.219. The molecule has 0 spiro atoms. The van der Waals surface area contributed by atoms with E-state index in [1.165, 1.54) is 0 Å². The summed E-state index contributed by atoms with van der Waals surface area (Å²) in [6, 6.07) is 13.6. The van der Waals surface area contributed by atoms with Crippen molar-refractivity contribution < 1.29 is 9.59 Å². The van der Waals surface area contributed by atoms with Crippen molar-refractivity contribution in [2.75, 3.05) is 6.54 Å². The van der Waals surface area contributed by atoms with Crippen LogP contribution in [0.3, 0.4) is 0 Å². The molecule has 0 saturated heterocycles. The first-order valence-corrected chi connectivity index (χ1v) is 8.88. The number of rotatable bonds is 5. The van der Waals surface area contributed by atoms with Gasteiger partial charge in [0.15, 0.2) is 5.78 Å². The van der Waals surface area contributed by atoms with Crippen LogP contribution in [0.1, 0.15) is 45.5 Å². The van der Waals surface area contributed by atoms with Crippen LogP contribution in [0.5, 0.6) is 0 Å². The fourth-order valence-corrected chi connectivity index (χ4v) is 3.52. The van der Waals surface area contributed by atoms with Gasteiger partial charge in [-0.25, -0.2) is 0 Å². The van der Waals surface area contributed by atoms with E-state index in [2.05, 4.69) is 5.32 Å². The zero-order valence-electron chi connectivity index (χ0n) is 13.9. The second-order valence-corrected chi connectivity index (χ2v) is 6.82. The average molecular weight is 357 g/mol. The molecule has 2 aromatic rings. The largest absolute Gasteiger partial charge is 0.349 e. The van der Waals surface area contributed by atoms with Gasteiger partial charge in [-0.3, -0.25) is 9.59 Å². The highest BCUT2D eigenvalue weighted by Crippen LogP contribution is 2.25. The van der Waals surface area contributed by atoms with Gasteiger partial charge in [0, 0.05) is 22.2 Å². The molecule has 0 radical (unpaired) electrons. The van der Waals surface area contributed by atoms with Crippen molar-refractivity contribution in [3.8, 4) is 0 Å². The van der Waals surface area contributed by atoms with Gasteiger partial charge >= 0.3 is 0 Å². The van der Waals surface area contributed by atoms with Crippen LogP contribution in [0.4, 0.5) is 0 Å². The van der Waals surface area contributed by atoms with E-state index in [4.69, 9.17) is 17.3 Å². The lowest BCUT2D eigenvalue weighted by Gasteiger charge is -2.20. The molecule has 25 heavy (non-hydrogen) atoms. The maximum atomic E-state index is 12.8. The Morgan fingerprint density at radius 1 is 1.04 bits per heavy atom. The molecule has 1 aliphatic rings. The second-order valence-electron chi connectivity index (χ2n) is 6.39. The van der Waals surface area contributed by atoms with Crippen molar-refractivity contribution in [1.82, 2.24) is 5.32 Å². The summed E-state index contributed by atoms with van der Waals surface area (Å²) in [5.41, 5.74) is 7.08. The van der Waals surface area contributed by atoms with Gasteiger partial charge < -0.3 is 11.1 Å². The van der Waals surface area contributed by atoms with Crippen LogP contribution in [0.2, 0.25) is 5.02 Å². The number of halogens is 1. The van der Waals surface area contributed by atoms with Crippen LogP contribution in [-0.4, -0.2) is 24.3 Å². The minimum Gasteiger partial charge on any atom is -0.349 e. The van der Waals surface area contributed by atoms with Crippen molar-refractivity contribution in [2.24, 2.45) is 11.7 Å². The summed E-state index contributed by atoms with van der Waals surface area (Å²) in [7, 11) is 0. The van der Waals surface area contributed by atoms with Crippen molar-refractivity contribution in [3.63, 3.8) is 0 Å². The first kappa shape index (κ1) is 17.6. The minimum absolute atomic E-state index is 0.0798. The molecule has 0 aromatic heterocycles. The molecule has 5 heteroatoms. The highest BCUT2D eigenvalue weighted by Gasteiger charge is 2.28. The van der Waals surface area contributed by atoms with Crippen molar-refractivity contribution in [3.05, 3.63) is 70.2 Å². The average Bonchev–Trinajstić information content (AvgIpc) is 3.09. The maximum absolute atomic E-state index is 12.8. The lowest BCUT2D eigenvalue weighted by molar-refractivity contribution is 0.0919. The van der Waals surface area contributed by atoms with E-state index in [9.17, 15) is 9.59 Å². The Labute approximate surface area is 152 Å². The van der Waals surface area contributed by atoms with Gasteiger partial charge in [-0.05, 0) is 55.6 Å². The molecular weight excluding hydrogens is 336 g/mol. The van der Waals surface area contributed by atoms with E-state index in [1.54, 1.807) is 48.5 Å². The zero-order valence-corrected chi connectivity index (χ0v) is 14.6. The number of ketones is 1. The fourth-order valence-electron chi connectivity index (χ4n) is 3.39. The topological polar surface area (TPSA) is 72.2 Å². The van der Waals surface area contributed by atoms with Gasteiger partial charge in [-0.15, -0.1) is 0 Å². The van der Waals surface area contributed by atoms with Crippen LogP contribution in [0.15, 0.2) is 48.5 Å². The molecule has 4 nitrogen and oxygen atoms in total. The number of benzene rings is 2. The molecule has 2 aromatic carbocycles. The van der Waals surface area contributed by atoms with Gasteiger partial charge in [0.2, 0.25) is 0 Å². The van der Waals surface area contributed by atoms with Crippen molar-refractivity contribution >= 4 is 23.3 Å².